The van der Waals surface area contributed by atoms with Crippen molar-refractivity contribution >= 4 is 17.5 Å². The summed E-state index contributed by atoms with van der Waals surface area (Å²) in [7, 11) is 1.84. The van der Waals surface area contributed by atoms with E-state index in [0.29, 0.717) is 35.0 Å². The number of nitrogens with zero attached hydrogens (tertiary/aromatic N) is 4. The summed E-state index contributed by atoms with van der Waals surface area (Å²) in [5, 5.41) is 8.84. The quantitative estimate of drug-likeness (QED) is 0.846. The molecular formula is C16H19ClN4O2. The van der Waals surface area contributed by atoms with Crippen LogP contribution in [0.15, 0.2) is 16.7 Å². The second-order valence-corrected chi connectivity index (χ2v) is 7.15. The van der Waals surface area contributed by atoms with Gasteiger partial charge in [0.2, 0.25) is 11.8 Å². The van der Waals surface area contributed by atoms with Crippen LogP contribution in [0.2, 0.25) is 5.02 Å². The van der Waals surface area contributed by atoms with E-state index < -0.39 is 0 Å². The Balaban J connectivity index is 1.64. The number of fused-ring (bicyclic) bond motifs is 1. The average molecular weight is 335 g/mol. The molecule has 3 heterocycles. The third-order valence-corrected chi connectivity index (χ3v) is 5.51. The Morgan fingerprint density at radius 1 is 1.48 bits per heavy atom. The third-order valence-electron chi connectivity index (χ3n) is 5.30. The molecule has 1 saturated carbocycles. The predicted molar refractivity (Wildman–Crippen MR) is 84.4 cm³/mol. The van der Waals surface area contributed by atoms with Crippen molar-refractivity contribution in [1.82, 2.24) is 19.7 Å². The number of halogens is 1. The smallest absolute Gasteiger partial charge is 0.270 e. The van der Waals surface area contributed by atoms with Gasteiger partial charge in [-0.25, -0.2) is 0 Å². The molecule has 1 aliphatic carbocycles. The normalized spacial score (nSPS) is 26.7. The Kier molecular flexibility index (Phi) is 3.27. The molecule has 0 bridgehead atoms. The number of aryl methyl sites for hydroxylation is 2. The van der Waals surface area contributed by atoms with Crippen molar-refractivity contribution < 1.29 is 9.21 Å². The fourth-order valence-corrected chi connectivity index (χ4v) is 4.44. The van der Waals surface area contributed by atoms with Gasteiger partial charge >= 0.3 is 0 Å². The van der Waals surface area contributed by atoms with Crippen molar-refractivity contribution in [3.05, 3.63) is 34.8 Å². The Morgan fingerprint density at radius 2 is 2.30 bits per heavy atom. The molecule has 2 aliphatic rings. The molecule has 1 saturated heterocycles. The molecule has 1 aliphatic heterocycles. The van der Waals surface area contributed by atoms with Gasteiger partial charge in [-0.05, 0) is 24.8 Å². The van der Waals surface area contributed by atoms with Crippen LogP contribution in [0.4, 0.5) is 0 Å². The van der Waals surface area contributed by atoms with Gasteiger partial charge < -0.3 is 13.9 Å². The predicted octanol–water partition coefficient (Wildman–Crippen LogP) is 2.56. The van der Waals surface area contributed by atoms with Crippen LogP contribution in [0.5, 0.6) is 0 Å². The van der Waals surface area contributed by atoms with E-state index in [1.165, 1.54) is 0 Å². The van der Waals surface area contributed by atoms with Gasteiger partial charge in [0.15, 0.2) is 0 Å². The van der Waals surface area contributed by atoms with Crippen LogP contribution in [-0.2, 0) is 12.5 Å². The van der Waals surface area contributed by atoms with E-state index in [0.717, 1.165) is 25.8 Å². The molecule has 122 valence electrons. The standard InChI is InChI=1S/C16H19ClN4O2/c1-10-18-19-15(23-10)16-5-3-4-11(16)7-21(9-16)14(22)13-6-12(17)8-20(13)2/h6,8,11H,3-5,7,9H2,1-2H3/t11-,16-/m0/s1. The summed E-state index contributed by atoms with van der Waals surface area (Å²) < 4.78 is 7.53. The first-order chi connectivity index (χ1) is 11.0. The first-order valence-corrected chi connectivity index (χ1v) is 8.29. The molecular weight excluding hydrogens is 316 g/mol. The van der Waals surface area contributed by atoms with E-state index >= 15 is 0 Å². The van der Waals surface area contributed by atoms with Crippen molar-refractivity contribution in [2.75, 3.05) is 13.1 Å². The molecule has 0 radical (unpaired) electrons. The van der Waals surface area contributed by atoms with Crippen LogP contribution in [-0.4, -0.2) is 38.7 Å². The maximum atomic E-state index is 12.9. The molecule has 0 spiro atoms. The Labute approximate surface area is 139 Å². The second kappa shape index (κ2) is 5.09. The minimum absolute atomic E-state index is 0.0180. The first-order valence-electron chi connectivity index (χ1n) is 7.91. The maximum Gasteiger partial charge on any atom is 0.270 e. The van der Waals surface area contributed by atoms with Crippen LogP contribution in [0, 0.1) is 12.8 Å². The summed E-state index contributed by atoms with van der Waals surface area (Å²) in [6.07, 6.45) is 4.99. The lowest BCUT2D eigenvalue weighted by molar-refractivity contribution is 0.0766. The molecule has 6 nitrogen and oxygen atoms in total. The monoisotopic (exact) mass is 334 g/mol. The largest absolute Gasteiger partial charge is 0.425 e. The van der Waals surface area contributed by atoms with Gasteiger partial charge in [-0.1, -0.05) is 18.0 Å². The first kappa shape index (κ1) is 14.8. The van der Waals surface area contributed by atoms with E-state index in [1.807, 2.05) is 11.9 Å². The molecule has 1 amide bonds. The highest BCUT2D eigenvalue weighted by Crippen LogP contribution is 2.50. The molecule has 7 heteroatoms. The number of aromatic nitrogens is 3. The van der Waals surface area contributed by atoms with Gasteiger partial charge in [0.05, 0.1) is 10.4 Å². The Morgan fingerprint density at radius 3 is 2.96 bits per heavy atom. The van der Waals surface area contributed by atoms with Crippen LogP contribution in [0.25, 0.3) is 0 Å². The fraction of sp³-hybridized carbons (Fsp3) is 0.562. The summed E-state index contributed by atoms with van der Waals surface area (Å²) in [5.41, 5.74) is 0.443. The van der Waals surface area contributed by atoms with Crippen molar-refractivity contribution in [2.24, 2.45) is 13.0 Å². The van der Waals surface area contributed by atoms with Gasteiger partial charge in [-0.2, -0.15) is 0 Å². The number of carbonyl (C=O) groups excluding carboxylic acids is 1. The van der Waals surface area contributed by atoms with Crippen LogP contribution >= 0.6 is 11.6 Å². The molecule has 2 aromatic heterocycles. The summed E-state index contributed by atoms with van der Waals surface area (Å²) in [6.45, 7) is 3.19. The van der Waals surface area contributed by atoms with E-state index in [4.69, 9.17) is 16.0 Å². The molecule has 4 rings (SSSR count). The molecule has 0 aromatic carbocycles. The topological polar surface area (TPSA) is 64.2 Å². The lowest BCUT2D eigenvalue weighted by Gasteiger charge is -2.24. The number of amides is 1. The minimum atomic E-state index is -0.175. The highest BCUT2D eigenvalue weighted by Gasteiger charge is 2.55. The zero-order chi connectivity index (χ0) is 16.2. The average Bonchev–Trinajstić information content (AvgIpc) is 3.20. The van der Waals surface area contributed by atoms with Crippen molar-refractivity contribution in [2.45, 2.75) is 31.6 Å². The van der Waals surface area contributed by atoms with Crippen molar-refractivity contribution in [1.29, 1.82) is 0 Å². The van der Waals surface area contributed by atoms with Gasteiger partial charge in [-0.15, -0.1) is 10.2 Å². The summed E-state index contributed by atoms with van der Waals surface area (Å²) in [4.78, 5) is 14.8. The zero-order valence-electron chi connectivity index (χ0n) is 13.3. The van der Waals surface area contributed by atoms with Crippen LogP contribution in [0.3, 0.4) is 0 Å². The lowest BCUT2D eigenvalue weighted by Crippen LogP contribution is -2.35. The van der Waals surface area contributed by atoms with Gasteiger partial charge in [-0.3, -0.25) is 4.79 Å². The van der Waals surface area contributed by atoms with Gasteiger partial charge in [0.1, 0.15) is 5.69 Å². The highest BCUT2D eigenvalue weighted by atomic mass is 35.5. The number of rotatable bonds is 2. The van der Waals surface area contributed by atoms with Crippen LogP contribution in [0.1, 0.15) is 41.5 Å². The SMILES string of the molecule is Cc1nnc([C@]23CCC[C@H]2CN(C(=O)c2cc(Cl)cn2C)C3)o1. The van der Waals surface area contributed by atoms with E-state index in [9.17, 15) is 4.79 Å². The lowest BCUT2D eigenvalue weighted by atomic mass is 9.80. The van der Waals surface area contributed by atoms with Gasteiger partial charge in [0.25, 0.3) is 5.91 Å². The fourth-order valence-electron chi connectivity index (χ4n) is 4.19. The van der Waals surface area contributed by atoms with Gasteiger partial charge in [0, 0.05) is 33.3 Å². The summed E-state index contributed by atoms with van der Waals surface area (Å²) in [5.74, 6) is 1.68. The Bertz CT molecular complexity index is 768. The van der Waals surface area contributed by atoms with E-state index in [-0.39, 0.29) is 11.3 Å². The summed E-state index contributed by atoms with van der Waals surface area (Å²) in [6, 6.07) is 1.72. The number of carbonyl (C=O) groups is 1. The molecule has 0 unspecified atom stereocenters. The third kappa shape index (κ3) is 2.19. The van der Waals surface area contributed by atoms with E-state index in [1.54, 1.807) is 23.8 Å². The van der Waals surface area contributed by atoms with Crippen molar-refractivity contribution in [3.8, 4) is 0 Å². The molecule has 0 N–H and O–H groups in total. The molecule has 2 aromatic rings. The highest BCUT2D eigenvalue weighted by molar-refractivity contribution is 6.31. The van der Waals surface area contributed by atoms with E-state index in [2.05, 4.69) is 10.2 Å². The summed E-state index contributed by atoms with van der Waals surface area (Å²) >= 11 is 6.01. The second-order valence-electron chi connectivity index (χ2n) is 6.71. The number of hydrogen-bond acceptors (Lipinski definition) is 4. The molecule has 2 atom stereocenters. The minimum Gasteiger partial charge on any atom is -0.425 e. The Hall–Kier alpha value is -1.82. The molecule has 23 heavy (non-hydrogen) atoms. The number of hydrogen-bond donors (Lipinski definition) is 0. The number of likely N-dealkylation sites (tertiary alicyclic amines) is 1. The maximum absolute atomic E-state index is 12.9. The molecule has 2 fully saturated rings. The van der Waals surface area contributed by atoms with Crippen LogP contribution < -0.4 is 0 Å². The zero-order valence-corrected chi connectivity index (χ0v) is 14.0. The van der Waals surface area contributed by atoms with Crippen molar-refractivity contribution in [3.63, 3.8) is 0 Å².